The lowest BCUT2D eigenvalue weighted by molar-refractivity contribution is -0.384. The van der Waals surface area contributed by atoms with Crippen molar-refractivity contribution in [3.63, 3.8) is 0 Å². The van der Waals surface area contributed by atoms with Gasteiger partial charge in [0.1, 0.15) is 5.75 Å². The molecule has 0 fully saturated rings. The molecule has 19 heavy (non-hydrogen) atoms. The molecule has 0 atom stereocenters. The Kier molecular flexibility index (Phi) is 3.52. The van der Waals surface area contributed by atoms with Crippen molar-refractivity contribution in [2.75, 3.05) is 5.73 Å². The Bertz CT molecular complexity index is 646. The number of ether oxygens (including phenoxy) is 1. The minimum atomic E-state index is -0.525. The molecule has 0 saturated heterocycles. The van der Waals surface area contributed by atoms with Gasteiger partial charge < -0.3 is 10.5 Å². The predicted octanol–water partition coefficient (Wildman–Crippen LogP) is 3.33. The smallest absolute Gasteiger partial charge is 0.271 e. The van der Waals surface area contributed by atoms with Crippen LogP contribution in [0, 0.1) is 17.0 Å². The number of nitrogen functional groups attached to an aromatic ring is 1. The molecule has 0 unspecified atom stereocenters. The first kappa shape index (κ1) is 13.1. The van der Waals surface area contributed by atoms with Gasteiger partial charge in [0.05, 0.1) is 21.8 Å². The van der Waals surface area contributed by atoms with E-state index in [4.69, 9.17) is 22.1 Å². The summed E-state index contributed by atoms with van der Waals surface area (Å²) in [7, 11) is 0. The van der Waals surface area contributed by atoms with Crippen LogP contribution in [-0.4, -0.2) is 9.91 Å². The number of nitrogens with zero attached hydrogens (tertiary/aromatic N) is 2. The van der Waals surface area contributed by atoms with Gasteiger partial charge in [0.25, 0.3) is 5.69 Å². The highest BCUT2D eigenvalue weighted by Gasteiger charge is 2.12. The molecule has 1 heterocycles. The topological polar surface area (TPSA) is 91.3 Å². The average Bonchev–Trinajstić information content (AvgIpc) is 2.34. The normalized spacial score (nSPS) is 10.2. The van der Waals surface area contributed by atoms with E-state index in [2.05, 4.69) is 4.98 Å². The number of halogens is 1. The molecular weight excluding hydrogens is 270 g/mol. The number of pyridine rings is 1. The van der Waals surface area contributed by atoms with Crippen molar-refractivity contribution in [1.82, 2.24) is 4.98 Å². The van der Waals surface area contributed by atoms with Crippen LogP contribution >= 0.6 is 11.6 Å². The van der Waals surface area contributed by atoms with Crippen LogP contribution in [0.1, 0.15) is 5.56 Å². The third kappa shape index (κ3) is 2.92. The number of hydrogen-bond acceptors (Lipinski definition) is 5. The van der Waals surface area contributed by atoms with E-state index in [9.17, 15) is 10.1 Å². The molecule has 0 aliphatic heterocycles. The lowest BCUT2D eigenvalue weighted by Crippen LogP contribution is -1.95. The molecule has 0 bridgehead atoms. The maximum Gasteiger partial charge on any atom is 0.271 e. The van der Waals surface area contributed by atoms with Crippen LogP contribution in [0.25, 0.3) is 0 Å². The number of aryl methyl sites for hydroxylation is 1. The summed E-state index contributed by atoms with van der Waals surface area (Å²) in [5, 5.41) is 10.7. The molecule has 1 aromatic heterocycles. The van der Waals surface area contributed by atoms with E-state index in [0.717, 1.165) is 5.56 Å². The van der Waals surface area contributed by atoms with Gasteiger partial charge in [-0.2, -0.15) is 0 Å². The van der Waals surface area contributed by atoms with E-state index in [1.54, 1.807) is 13.0 Å². The Morgan fingerprint density at radius 3 is 2.74 bits per heavy atom. The number of nitro benzene ring substituents is 1. The van der Waals surface area contributed by atoms with Crippen LogP contribution < -0.4 is 10.5 Å². The van der Waals surface area contributed by atoms with Crippen LogP contribution in [0.2, 0.25) is 5.02 Å². The second kappa shape index (κ2) is 5.11. The molecule has 6 nitrogen and oxygen atoms in total. The highest BCUT2D eigenvalue weighted by molar-refractivity contribution is 6.32. The molecule has 0 saturated carbocycles. The van der Waals surface area contributed by atoms with E-state index < -0.39 is 4.92 Å². The number of nitro groups is 1. The van der Waals surface area contributed by atoms with E-state index in [-0.39, 0.29) is 10.7 Å². The van der Waals surface area contributed by atoms with Gasteiger partial charge >= 0.3 is 0 Å². The van der Waals surface area contributed by atoms with Crippen LogP contribution in [0.3, 0.4) is 0 Å². The molecule has 0 aliphatic carbocycles. The van der Waals surface area contributed by atoms with Gasteiger partial charge in [-0.15, -0.1) is 0 Å². The van der Waals surface area contributed by atoms with Gasteiger partial charge in [0.15, 0.2) is 0 Å². The van der Waals surface area contributed by atoms with Crippen LogP contribution in [-0.2, 0) is 0 Å². The first-order chi connectivity index (χ1) is 8.97. The van der Waals surface area contributed by atoms with E-state index >= 15 is 0 Å². The van der Waals surface area contributed by atoms with Crippen LogP contribution in [0.5, 0.6) is 11.6 Å². The fourth-order valence-corrected chi connectivity index (χ4v) is 1.69. The van der Waals surface area contributed by atoms with Crippen LogP contribution in [0.4, 0.5) is 11.4 Å². The van der Waals surface area contributed by atoms with E-state index in [0.29, 0.717) is 17.3 Å². The van der Waals surface area contributed by atoms with Crippen molar-refractivity contribution < 1.29 is 9.66 Å². The highest BCUT2D eigenvalue weighted by atomic mass is 35.5. The molecule has 98 valence electrons. The number of nitrogens with two attached hydrogens (primary N) is 1. The lowest BCUT2D eigenvalue weighted by atomic mass is 10.3. The Hall–Kier alpha value is -2.34. The van der Waals surface area contributed by atoms with Gasteiger partial charge in [-0.1, -0.05) is 11.6 Å². The first-order valence-corrected chi connectivity index (χ1v) is 5.69. The van der Waals surface area contributed by atoms with Crippen molar-refractivity contribution in [2.45, 2.75) is 6.92 Å². The summed E-state index contributed by atoms with van der Waals surface area (Å²) < 4.78 is 5.51. The molecule has 2 aromatic rings. The summed E-state index contributed by atoms with van der Waals surface area (Å²) in [6.07, 6.45) is 1.46. The zero-order chi connectivity index (χ0) is 14.0. The summed E-state index contributed by atoms with van der Waals surface area (Å²) >= 11 is 5.93. The number of aromatic nitrogens is 1. The Morgan fingerprint density at radius 2 is 2.16 bits per heavy atom. The maximum atomic E-state index is 10.6. The van der Waals surface area contributed by atoms with Crippen molar-refractivity contribution in [2.24, 2.45) is 0 Å². The summed E-state index contributed by atoms with van der Waals surface area (Å²) in [5.41, 5.74) is 6.76. The van der Waals surface area contributed by atoms with E-state index in [1.165, 1.54) is 24.4 Å². The lowest BCUT2D eigenvalue weighted by Gasteiger charge is -2.09. The summed E-state index contributed by atoms with van der Waals surface area (Å²) in [5.74, 6) is 0.651. The molecule has 0 spiro atoms. The summed E-state index contributed by atoms with van der Waals surface area (Å²) in [6, 6.07) is 5.68. The number of rotatable bonds is 3. The molecule has 0 radical (unpaired) electrons. The average molecular weight is 280 g/mol. The first-order valence-electron chi connectivity index (χ1n) is 5.31. The molecular formula is C12H10ClN3O3. The third-order valence-corrected chi connectivity index (χ3v) is 2.68. The third-order valence-electron chi connectivity index (χ3n) is 2.38. The molecule has 1 aromatic carbocycles. The molecule has 7 heteroatoms. The van der Waals surface area contributed by atoms with Gasteiger partial charge in [0.2, 0.25) is 5.88 Å². The van der Waals surface area contributed by atoms with Crippen molar-refractivity contribution in [1.29, 1.82) is 0 Å². The monoisotopic (exact) mass is 279 g/mol. The van der Waals surface area contributed by atoms with Crippen molar-refractivity contribution in [3.8, 4) is 11.6 Å². The van der Waals surface area contributed by atoms with Gasteiger partial charge in [-0.3, -0.25) is 10.1 Å². The predicted molar refractivity (Wildman–Crippen MR) is 71.6 cm³/mol. The maximum absolute atomic E-state index is 10.6. The zero-order valence-corrected chi connectivity index (χ0v) is 10.7. The van der Waals surface area contributed by atoms with Gasteiger partial charge in [-0.25, -0.2) is 4.98 Å². The zero-order valence-electron chi connectivity index (χ0n) is 9.96. The van der Waals surface area contributed by atoms with Gasteiger partial charge in [-0.05, 0) is 19.1 Å². The fourth-order valence-electron chi connectivity index (χ4n) is 1.48. The quantitative estimate of drug-likeness (QED) is 0.687. The summed E-state index contributed by atoms with van der Waals surface area (Å²) in [4.78, 5) is 14.1. The largest absolute Gasteiger partial charge is 0.437 e. The minimum absolute atomic E-state index is 0.0978. The SMILES string of the molecule is Cc1cc(N)cnc1Oc1ccc([N+](=O)[O-])cc1Cl. The van der Waals surface area contributed by atoms with Crippen molar-refractivity contribution >= 4 is 23.0 Å². The number of non-ortho nitro benzene ring substituents is 1. The fraction of sp³-hybridized carbons (Fsp3) is 0.0833. The standard InChI is InChI=1S/C12H10ClN3O3/c1-7-4-8(14)6-15-12(7)19-11-3-2-9(16(17)18)5-10(11)13/h2-6H,14H2,1H3. The highest BCUT2D eigenvalue weighted by Crippen LogP contribution is 2.32. The Labute approximate surface area is 113 Å². The number of benzene rings is 1. The Morgan fingerprint density at radius 1 is 1.42 bits per heavy atom. The van der Waals surface area contributed by atoms with Gasteiger partial charge in [0, 0.05) is 17.7 Å². The van der Waals surface area contributed by atoms with E-state index in [1.807, 2.05) is 0 Å². The van der Waals surface area contributed by atoms with Crippen LogP contribution in [0.15, 0.2) is 30.5 Å². The number of anilines is 1. The Balaban J connectivity index is 2.31. The minimum Gasteiger partial charge on any atom is -0.437 e. The summed E-state index contributed by atoms with van der Waals surface area (Å²) in [6.45, 7) is 1.79. The molecule has 2 rings (SSSR count). The molecule has 0 aliphatic rings. The number of hydrogen-bond donors (Lipinski definition) is 1. The second-order valence-corrected chi connectivity index (χ2v) is 4.27. The second-order valence-electron chi connectivity index (χ2n) is 3.86. The molecule has 0 amide bonds. The van der Waals surface area contributed by atoms with Crippen molar-refractivity contribution in [3.05, 3.63) is 51.2 Å². The molecule has 2 N–H and O–H groups in total.